The zero-order valence-electron chi connectivity index (χ0n) is 13.7. The van der Waals surface area contributed by atoms with Crippen molar-refractivity contribution in [3.63, 3.8) is 0 Å². The minimum atomic E-state index is -2.60. The molecule has 0 radical (unpaired) electrons. The molecule has 0 bridgehead atoms. The van der Waals surface area contributed by atoms with Crippen molar-refractivity contribution < 1.29 is 3.07 Å². The standard InChI is InChI=1S/C4H3IN2O.3C4H9.Sn/c5-3-1-6-4(8)7-2-3;3*1-3-4-2;/h1-2H,(H,6,7,8);3*1,3-4H2,2H3;/q;;;;+1/p-1. The van der Waals surface area contributed by atoms with Crippen LogP contribution < -0.4 is 3.07 Å². The molecular weight excluding hydrogens is 482 g/mol. The van der Waals surface area contributed by atoms with E-state index < -0.39 is 18.8 Å². The molecule has 1 heterocycles. The van der Waals surface area contributed by atoms with Crippen LogP contribution in [0.5, 0.6) is 6.01 Å². The van der Waals surface area contributed by atoms with Gasteiger partial charge in [0.1, 0.15) is 0 Å². The molecule has 0 atom stereocenters. The van der Waals surface area contributed by atoms with Crippen LogP contribution in [0.25, 0.3) is 0 Å². The Labute approximate surface area is 148 Å². The molecule has 0 fully saturated rings. The van der Waals surface area contributed by atoms with Gasteiger partial charge in [-0.2, -0.15) is 0 Å². The van der Waals surface area contributed by atoms with Crippen LogP contribution in [0.3, 0.4) is 0 Å². The van der Waals surface area contributed by atoms with E-state index in [0.29, 0.717) is 6.01 Å². The molecule has 1 rings (SSSR count). The van der Waals surface area contributed by atoms with Gasteiger partial charge in [-0.1, -0.05) is 0 Å². The molecule has 1 aromatic rings. The first-order chi connectivity index (χ1) is 10.2. The number of hydrogen-bond donors (Lipinski definition) is 0. The molecule has 0 aliphatic heterocycles. The van der Waals surface area contributed by atoms with Crippen molar-refractivity contribution in [1.29, 1.82) is 0 Å². The Bertz CT molecular complexity index is 365. The molecule has 0 spiro atoms. The molecule has 0 aromatic carbocycles. The summed E-state index contributed by atoms with van der Waals surface area (Å²) in [5.74, 6) is 0. The van der Waals surface area contributed by atoms with Gasteiger partial charge in [0.2, 0.25) is 0 Å². The fourth-order valence-corrected chi connectivity index (χ4v) is 15.8. The first kappa shape index (κ1) is 19.5. The van der Waals surface area contributed by atoms with Crippen LogP contribution in [0.15, 0.2) is 12.4 Å². The molecule has 0 saturated heterocycles. The van der Waals surface area contributed by atoms with Crippen LogP contribution in [0, 0.1) is 3.57 Å². The van der Waals surface area contributed by atoms with Crippen molar-refractivity contribution in [3.8, 4) is 6.01 Å². The van der Waals surface area contributed by atoms with Crippen LogP contribution in [0.2, 0.25) is 13.3 Å². The molecule has 0 amide bonds. The fraction of sp³-hybridized carbons (Fsp3) is 0.750. The van der Waals surface area contributed by atoms with E-state index in [4.69, 9.17) is 3.07 Å². The van der Waals surface area contributed by atoms with Gasteiger partial charge in [0.05, 0.1) is 0 Å². The number of nitrogens with zero attached hydrogens (tertiary/aromatic N) is 2. The fourth-order valence-electron chi connectivity index (χ4n) is 2.57. The zero-order chi connectivity index (χ0) is 15.6. The molecule has 0 aliphatic carbocycles. The SMILES string of the molecule is CCC[CH2][Sn]([CH2]CCC)([CH2]CCC)[O]c1ncc(I)cn1. The third-order valence-corrected chi connectivity index (χ3v) is 17.0. The second kappa shape index (κ2) is 11.0. The molecule has 120 valence electrons. The van der Waals surface area contributed by atoms with Crippen molar-refractivity contribution in [2.45, 2.75) is 72.6 Å². The number of rotatable bonds is 11. The Balaban J connectivity index is 2.85. The van der Waals surface area contributed by atoms with Gasteiger partial charge in [0.25, 0.3) is 0 Å². The van der Waals surface area contributed by atoms with Crippen LogP contribution in [0.1, 0.15) is 59.3 Å². The molecular formula is C16H29IN2OSn. The summed E-state index contributed by atoms with van der Waals surface area (Å²) in [6.45, 7) is 6.83. The summed E-state index contributed by atoms with van der Waals surface area (Å²) in [6.07, 6.45) is 11.4. The van der Waals surface area contributed by atoms with Gasteiger partial charge in [-0.3, -0.25) is 0 Å². The van der Waals surface area contributed by atoms with Crippen LogP contribution >= 0.6 is 22.6 Å². The zero-order valence-corrected chi connectivity index (χ0v) is 18.7. The van der Waals surface area contributed by atoms with E-state index in [1.54, 1.807) is 0 Å². The van der Waals surface area contributed by atoms with E-state index >= 15 is 0 Å². The van der Waals surface area contributed by atoms with Crippen molar-refractivity contribution >= 4 is 41.4 Å². The van der Waals surface area contributed by atoms with Gasteiger partial charge >= 0.3 is 149 Å². The van der Waals surface area contributed by atoms with Gasteiger partial charge in [0, 0.05) is 0 Å². The summed E-state index contributed by atoms with van der Waals surface area (Å²) in [5, 5.41) is 0. The maximum absolute atomic E-state index is 6.55. The average molecular weight is 511 g/mol. The van der Waals surface area contributed by atoms with Crippen molar-refractivity contribution in [2.75, 3.05) is 0 Å². The van der Waals surface area contributed by atoms with Crippen molar-refractivity contribution in [2.24, 2.45) is 0 Å². The topological polar surface area (TPSA) is 35.0 Å². The van der Waals surface area contributed by atoms with Gasteiger partial charge in [-0.05, 0) is 0 Å². The van der Waals surface area contributed by atoms with Crippen molar-refractivity contribution in [3.05, 3.63) is 16.0 Å². The van der Waals surface area contributed by atoms with Crippen LogP contribution in [0.4, 0.5) is 0 Å². The molecule has 1 aromatic heterocycles. The average Bonchev–Trinajstić information content (AvgIpc) is 2.51. The molecule has 3 nitrogen and oxygen atoms in total. The Hall–Kier alpha value is 0.409. The number of unbranched alkanes of at least 4 members (excludes halogenated alkanes) is 3. The summed E-state index contributed by atoms with van der Waals surface area (Å²) in [6, 6.07) is 0.634. The van der Waals surface area contributed by atoms with E-state index in [9.17, 15) is 0 Å². The Morgan fingerprint density at radius 3 is 1.71 bits per heavy atom. The second-order valence-electron chi connectivity index (χ2n) is 5.78. The molecule has 0 saturated carbocycles. The Morgan fingerprint density at radius 2 is 1.33 bits per heavy atom. The molecule has 5 heteroatoms. The van der Waals surface area contributed by atoms with E-state index in [2.05, 4.69) is 53.3 Å². The molecule has 21 heavy (non-hydrogen) atoms. The monoisotopic (exact) mass is 512 g/mol. The molecule has 0 unspecified atom stereocenters. The number of aromatic nitrogens is 2. The number of hydrogen-bond acceptors (Lipinski definition) is 3. The van der Waals surface area contributed by atoms with Gasteiger partial charge in [0.15, 0.2) is 0 Å². The first-order valence-corrected chi connectivity index (χ1v) is 16.6. The summed E-state index contributed by atoms with van der Waals surface area (Å²) in [5.41, 5.74) is 0. The van der Waals surface area contributed by atoms with E-state index in [1.165, 1.54) is 51.8 Å². The third kappa shape index (κ3) is 7.48. The Morgan fingerprint density at radius 1 is 0.905 bits per heavy atom. The quantitative estimate of drug-likeness (QED) is 0.278. The van der Waals surface area contributed by atoms with E-state index in [0.717, 1.165) is 3.57 Å². The third-order valence-electron chi connectivity index (χ3n) is 3.86. The minimum absolute atomic E-state index is 0.634. The summed E-state index contributed by atoms with van der Waals surface area (Å²) in [4.78, 5) is 8.80. The predicted molar refractivity (Wildman–Crippen MR) is 100 cm³/mol. The predicted octanol–water partition coefficient (Wildman–Crippen LogP) is 5.81. The van der Waals surface area contributed by atoms with Crippen LogP contribution in [-0.2, 0) is 0 Å². The van der Waals surface area contributed by atoms with Gasteiger partial charge < -0.3 is 0 Å². The normalized spacial score (nSPS) is 11.6. The first-order valence-electron chi connectivity index (χ1n) is 8.32. The van der Waals surface area contributed by atoms with Gasteiger partial charge in [-0.25, -0.2) is 0 Å². The van der Waals surface area contributed by atoms with Crippen molar-refractivity contribution in [1.82, 2.24) is 9.97 Å². The number of halogens is 1. The van der Waals surface area contributed by atoms with E-state index in [1.807, 2.05) is 12.4 Å². The van der Waals surface area contributed by atoms with Crippen LogP contribution in [-0.4, -0.2) is 28.8 Å². The van der Waals surface area contributed by atoms with Gasteiger partial charge in [-0.15, -0.1) is 0 Å². The summed E-state index contributed by atoms with van der Waals surface area (Å²) < 4.78 is 11.6. The molecule has 0 N–H and O–H groups in total. The second-order valence-corrected chi connectivity index (χ2v) is 18.6. The Kier molecular flexibility index (Phi) is 10.2. The maximum atomic E-state index is 6.55. The molecule has 0 aliphatic rings. The summed E-state index contributed by atoms with van der Waals surface area (Å²) >= 11 is -0.361. The van der Waals surface area contributed by atoms with E-state index in [-0.39, 0.29) is 0 Å². The summed E-state index contributed by atoms with van der Waals surface area (Å²) in [7, 11) is 0.